The fourth-order valence-electron chi connectivity index (χ4n) is 3.02. The number of aromatic amines is 1. The van der Waals surface area contributed by atoms with Crippen LogP contribution in [0.4, 0.5) is 0 Å². The fraction of sp³-hybridized carbons (Fsp3) is 0.438. The highest BCUT2D eigenvalue weighted by Crippen LogP contribution is 2.24. The number of carbonyl (C=O) groups excluding carboxylic acids is 1. The van der Waals surface area contributed by atoms with Crippen molar-refractivity contribution in [3.8, 4) is 0 Å². The van der Waals surface area contributed by atoms with Crippen molar-refractivity contribution in [2.75, 3.05) is 13.1 Å². The zero-order chi connectivity index (χ0) is 14.1. The molecule has 1 aliphatic heterocycles. The number of aliphatic hydroxyl groups is 1. The number of carbonyl (C=O) groups is 1. The molecule has 1 aromatic carbocycles. The molecular weight excluding hydrogens is 252 g/mol. The SMILES string of the molecule is CC(O)C1CCCN(C(=O)c2cccc3cc[nH]c23)C1. The summed E-state index contributed by atoms with van der Waals surface area (Å²) in [5, 5.41) is 10.8. The maximum atomic E-state index is 12.7. The van der Waals surface area contributed by atoms with Gasteiger partial charge in [0.15, 0.2) is 0 Å². The average molecular weight is 272 g/mol. The van der Waals surface area contributed by atoms with Crippen LogP contribution in [0.5, 0.6) is 0 Å². The summed E-state index contributed by atoms with van der Waals surface area (Å²) in [6.07, 6.45) is 3.46. The van der Waals surface area contributed by atoms with Gasteiger partial charge in [0.05, 0.1) is 17.2 Å². The molecule has 1 fully saturated rings. The van der Waals surface area contributed by atoms with Crippen molar-refractivity contribution in [3.05, 3.63) is 36.0 Å². The number of fused-ring (bicyclic) bond motifs is 1. The highest BCUT2D eigenvalue weighted by Gasteiger charge is 2.27. The van der Waals surface area contributed by atoms with Crippen LogP contribution in [0.3, 0.4) is 0 Å². The van der Waals surface area contributed by atoms with E-state index in [9.17, 15) is 9.90 Å². The summed E-state index contributed by atoms with van der Waals surface area (Å²) in [4.78, 5) is 17.7. The number of nitrogens with one attached hydrogen (secondary N) is 1. The zero-order valence-electron chi connectivity index (χ0n) is 11.7. The summed E-state index contributed by atoms with van der Waals surface area (Å²) in [5.74, 6) is 0.249. The summed E-state index contributed by atoms with van der Waals surface area (Å²) in [5.41, 5.74) is 1.62. The zero-order valence-corrected chi connectivity index (χ0v) is 11.7. The van der Waals surface area contributed by atoms with E-state index in [1.807, 2.05) is 42.3 Å². The maximum absolute atomic E-state index is 12.7. The Labute approximate surface area is 118 Å². The lowest BCUT2D eigenvalue weighted by Crippen LogP contribution is -2.43. The van der Waals surface area contributed by atoms with Gasteiger partial charge in [-0.2, -0.15) is 0 Å². The first-order valence-corrected chi connectivity index (χ1v) is 7.20. The van der Waals surface area contributed by atoms with E-state index in [1.54, 1.807) is 0 Å². The minimum Gasteiger partial charge on any atom is -0.393 e. The van der Waals surface area contributed by atoms with E-state index < -0.39 is 0 Å². The molecule has 1 saturated heterocycles. The maximum Gasteiger partial charge on any atom is 0.255 e. The van der Waals surface area contributed by atoms with E-state index >= 15 is 0 Å². The number of aliphatic hydroxyl groups excluding tert-OH is 1. The Balaban J connectivity index is 1.87. The second-order valence-electron chi connectivity index (χ2n) is 5.64. The first kappa shape index (κ1) is 13.2. The van der Waals surface area contributed by atoms with E-state index in [-0.39, 0.29) is 17.9 Å². The lowest BCUT2D eigenvalue weighted by molar-refractivity contribution is 0.0467. The number of nitrogens with zero attached hydrogens (tertiary/aromatic N) is 1. The highest BCUT2D eigenvalue weighted by atomic mass is 16.3. The average Bonchev–Trinajstić information content (AvgIpc) is 2.95. The molecule has 0 saturated carbocycles. The van der Waals surface area contributed by atoms with E-state index in [1.165, 1.54) is 0 Å². The molecule has 2 N–H and O–H groups in total. The van der Waals surface area contributed by atoms with Crippen molar-refractivity contribution < 1.29 is 9.90 Å². The van der Waals surface area contributed by atoms with Crippen molar-refractivity contribution in [3.63, 3.8) is 0 Å². The van der Waals surface area contributed by atoms with E-state index in [0.717, 1.165) is 35.9 Å². The number of H-pyrrole nitrogens is 1. The molecule has 3 rings (SSSR count). The molecule has 2 heterocycles. The molecule has 4 heteroatoms. The number of hydrogen-bond acceptors (Lipinski definition) is 2. The predicted molar refractivity (Wildman–Crippen MR) is 78.6 cm³/mol. The number of benzene rings is 1. The summed E-state index contributed by atoms with van der Waals surface area (Å²) in [7, 11) is 0. The van der Waals surface area contributed by atoms with Crippen LogP contribution < -0.4 is 0 Å². The van der Waals surface area contributed by atoms with Gasteiger partial charge >= 0.3 is 0 Å². The second-order valence-corrected chi connectivity index (χ2v) is 5.64. The summed E-state index contributed by atoms with van der Waals surface area (Å²) < 4.78 is 0. The monoisotopic (exact) mass is 272 g/mol. The standard InChI is InChI=1S/C16H20N2O2/c1-11(19)13-5-3-9-18(10-13)16(20)14-6-2-4-12-7-8-17-15(12)14/h2,4,6-8,11,13,17,19H,3,5,9-10H2,1H3. The van der Waals surface area contributed by atoms with Crippen LogP contribution in [0, 0.1) is 5.92 Å². The van der Waals surface area contributed by atoms with Crippen molar-refractivity contribution in [2.45, 2.75) is 25.9 Å². The molecule has 0 bridgehead atoms. The van der Waals surface area contributed by atoms with Crippen molar-refractivity contribution >= 4 is 16.8 Å². The van der Waals surface area contributed by atoms with Gasteiger partial charge < -0.3 is 15.0 Å². The lowest BCUT2D eigenvalue weighted by Gasteiger charge is -2.34. The molecule has 1 aliphatic rings. The molecule has 2 atom stereocenters. The van der Waals surface area contributed by atoms with Crippen LogP contribution >= 0.6 is 0 Å². The first-order chi connectivity index (χ1) is 9.66. The van der Waals surface area contributed by atoms with Crippen LogP contribution in [-0.2, 0) is 0 Å². The lowest BCUT2D eigenvalue weighted by atomic mass is 9.93. The smallest absolute Gasteiger partial charge is 0.255 e. The van der Waals surface area contributed by atoms with Gasteiger partial charge in [0.2, 0.25) is 0 Å². The molecule has 1 aromatic heterocycles. The minimum atomic E-state index is -0.355. The van der Waals surface area contributed by atoms with Crippen molar-refractivity contribution in [1.29, 1.82) is 0 Å². The van der Waals surface area contributed by atoms with Gasteiger partial charge in [0, 0.05) is 30.6 Å². The minimum absolute atomic E-state index is 0.0587. The molecule has 1 amide bonds. The van der Waals surface area contributed by atoms with Crippen molar-refractivity contribution in [2.24, 2.45) is 5.92 Å². The van der Waals surface area contributed by atoms with Crippen LogP contribution in [0.25, 0.3) is 10.9 Å². The van der Waals surface area contributed by atoms with Crippen molar-refractivity contribution in [1.82, 2.24) is 9.88 Å². The number of rotatable bonds is 2. The Bertz CT molecular complexity index is 618. The van der Waals surface area contributed by atoms with Crippen LogP contribution in [0.2, 0.25) is 0 Å². The molecule has 2 unspecified atom stereocenters. The topological polar surface area (TPSA) is 56.3 Å². The second kappa shape index (κ2) is 5.29. The molecule has 2 aromatic rings. The van der Waals surface area contributed by atoms with Gasteiger partial charge in [-0.05, 0) is 31.9 Å². The molecule has 0 aliphatic carbocycles. The fourth-order valence-corrected chi connectivity index (χ4v) is 3.02. The molecule has 20 heavy (non-hydrogen) atoms. The Morgan fingerprint density at radius 1 is 1.45 bits per heavy atom. The van der Waals surface area contributed by atoms with Crippen LogP contribution in [0.15, 0.2) is 30.5 Å². The number of hydrogen-bond donors (Lipinski definition) is 2. The van der Waals surface area contributed by atoms with Gasteiger partial charge in [-0.15, -0.1) is 0 Å². The van der Waals surface area contributed by atoms with E-state index in [2.05, 4.69) is 4.98 Å². The molecule has 0 spiro atoms. The third-order valence-electron chi connectivity index (χ3n) is 4.24. The predicted octanol–water partition coefficient (Wildman–Crippen LogP) is 2.40. The Hall–Kier alpha value is -1.81. The number of likely N-dealkylation sites (tertiary alicyclic amines) is 1. The number of aromatic nitrogens is 1. The quantitative estimate of drug-likeness (QED) is 0.882. The molecule has 106 valence electrons. The number of para-hydroxylation sites is 1. The van der Waals surface area contributed by atoms with Gasteiger partial charge in [0.25, 0.3) is 5.91 Å². The van der Waals surface area contributed by atoms with Gasteiger partial charge in [-0.1, -0.05) is 12.1 Å². The Morgan fingerprint density at radius 3 is 3.10 bits per heavy atom. The third-order valence-corrected chi connectivity index (χ3v) is 4.24. The van der Waals surface area contributed by atoms with Gasteiger partial charge in [-0.25, -0.2) is 0 Å². The first-order valence-electron chi connectivity index (χ1n) is 7.20. The molecule has 0 radical (unpaired) electrons. The number of piperidine rings is 1. The summed E-state index contributed by atoms with van der Waals surface area (Å²) in [6, 6.07) is 7.75. The number of amides is 1. The summed E-state index contributed by atoms with van der Waals surface area (Å²) in [6.45, 7) is 3.23. The summed E-state index contributed by atoms with van der Waals surface area (Å²) >= 11 is 0. The van der Waals surface area contributed by atoms with E-state index in [4.69, 9.17) is 0 Å². The van der Waals surface area contributed by atoms with Crippen LogP contribution in [-0.4, -0.2) is 40.1 Å². The molecular formula is C16H20N2O2. The Kier molecular flexibility index (Phi) is 3.49. The van der Waals surface area contributed by atoms with Crippen LogP contribution in [0.1, 0.15) is 30.1 Å². The van der Waals surface area contributed by atoms with Gasteiger partial charge in [0.1, 0.15) is 0 Å². The van der Waals surface area contributed by atoms with Gasteiger partial charge in [-0.3, -0.25) is 4.79 Å². The highest BCUT2D eigenvalue weighted by molar-refractivity contribution is 6.05. The third kappa shape index (κ3) is 2.31. The molecule has 4 nitrogen and oxygen atoms in total. The Morgan fingerprint density at radius 2 is 2.30 bits per heavy atom. The largest absolute Gasteiger partial charge is 0.393 e. The normalized spacial score (nSPS) is 21.1. The van der Waals surface area contributed by atoms with E-state index in [0.29, 0.717) is 6.54 Å².